The van der Waals surface area contributed by atoms with Crippen molar-refractivity contribution in [1.29, 1.82) is 0 Å². The van der Waals surface area contributed by atoms with Crippen LogP contribution < -0.4 is 5.32 Å². The fraction of sp³-hybridized carbons (Fsp3) is 0.750. The molecule has 1 N–H and O–H groups in total. The Morgan fingerprint density at radius 1 is 1.71 bits per heavy atom. The van der Waals surface area contributed by atoms with E-state index in [0.29, 0.717) is 18.8 Å². The Balaban J connectivity index is 1.96. The Morgan fingerprint density at radius 3 is 3.29 bits per heavy atom. The fourth-order valence-corrected chi connectivity index (χ4v) is 2.21. The van der Waals surface area contributed by atoms with Gasteiger partial charge in [0, 0.05) is 32.7 Å². The van der Waals surface area contributed by atoms with Crippen LogP contribution in [0.15, 0.2) is 12.4 Å². The molecule has 1 aliphatic rings. The van der Waals surface area contributed by atoms with Crippen LogP contribution in [0.4, 0.5) is 5.95 Å². The van der Waals surface area contributed by atoms with Crippen molar-refractivity contribution in [3.05, 3.63) is 12.4 Å². The molecular weight excluding hydrogens is 218 g/mol. The number of aromatic nitrogens is 2. The minimum atomic E-state index is 0.312. The number of hydrogen-bond donors (Lipinski definition) is 1. The first kappa shape index (κ1) is 12.4. The first-order chi connectivity index (χ1) is 8.33. The summed E-state index contributed by atoms with van der Waals surface area (Å²) in [6.45, 7) is 4.52. The second kappa shape index (κ2) is 6.02. The molecule has 5 nitrogen and oxygen atoms in total. The molecule has 1 aromatic rings. The van der Waals surface area contributed by atoms with Crippen molar-refractivity contribution in [1.82, 2.24) is 9.55 Å². The van der Waals surface area contributed by atoms with E-state index in [9.17, 15) is 0 Å². The molecule has 2 rings (SSSR count). The number of nitrogens with one attached hydrogen (secondary N) is 1. The Kier molecular flexibility index (Phi) is 4.39. The van der Waals surface area contributed by atoms with Gasteiger partial charge in [-0.25, -0.2) is 4.98 Å². The van der Waals surface area contributed by atoms with Gasteiger partial charge in [0.05, 0.1) is 18.8 Å². The van der Waals surface area contributed by atoms with Gasteiger partial charge in [-0.2, -0.15) is 0 Å². The normalized spacial score (nSPS) is 21.6. The van der Waals surface area contributed by atoms with Gasteiger partial charge >= 0.3 is 0 Å². The van der Waals surface area contributed by atoms with E-state index in [1.54, 1.807) is 7.11 Å². The zero-order valence-electron chi connectivity index (χ0n) is 10.6. The standard InChI is InChI=1S/C12H21N3O2/c1-10(11-4-3-8-17-11)15-7-5-13-12(15)14-6-9-16-2/h5,7,10-11H,3-4,6,8-9H2,1-2H3,(H,13,14). The van der Waals surface area contributed by atoms with Crippen LogP contribution in [0, 0.1) is 0 Å². The molecule has 17 heavy (non-hydrogen) atoms. The van der Waals surface area contributed by atoms with Gasteiger partial charge in [-0.15, -0.1) is 0 Å². The summed E-state index contributed by atoms with van der Waals surface area (Å²) < 4.78 is 12.9. The van der Waals surface area contributed by atoms with E-state index in [1.165, 1.54) is 0 Å². The molecule has 0 saturated carbocycles. The second-order valence-corrected chi connectivity index (χ2v) is 4.37. The van der Waals surface area contributed by atoms with Crippen molar-refractivity contribution in [2.75, 3.05) is 32.2 Å². The SMILES string of the molecule is COCCNc1nccn1C(C)C1CCCO1. The van der Waals surface area contributed by atoms with Crippen molar-refractivity contribution < 1.29 is 9.47 Å². The third kappa shape index (κ3) is 2.98. The number of hydrogen-bond acceptors (Lipinski definition) is 4. The average molecular weight is 239 g/mol. The molecule has 2 heterocycles. The van der Waals surface area contributed by atoms with Crippen molar-refractivity contribution in [2.24, 2.45) is 0 Å². The van der Waals surface area contributed by atoms with Gasteiger partial charge in [0.25, 0.3) is 0 Å². The van der Waals surface area contributed by atoms with Crippen LogP contribution in [-0.2, 0) is 9.47 Å². The molecule has 1 aromatic heterocycles. The molecule has 1 saturated heterocycles. The van der Waals surface area contributed by atoms with Gasteiger partial charge in [-0.3, -0.25) is 0 Å². The lowest BCUT2D eigenvalue weighted by Crippen LogP contribution is -2.22. The van der Waals surface area contributed by atoms with E-state index in [2.05, 4.69) is 21.8 Å². The maximum atomic E-state index is 5.72. The van der Waals surface area contributed by atoms with Gasteiger partial charge in [-0.1, -0.05) is 0 Å². The van der Waals surface area contributed by atoms with Crippen LogP contribution in [0.1, 0.15) is 25.8 Å². The van der Waals surface area contributed by atoms with Crippen molar-refractivity contribution in [3.8, 4) is 0 Å². The highest BCUT2D eigenvalue weighted by molar-refractivity contribution is 5.26. The Hall–Kier alpha value is -1.07. The number of ether oxygens (including phenoxy) is 2. The average Bonchev–Trinajstić information content (AvgIpc) is 3.00. The molecule has 5 heteroatoms. The minimum absolute atomic E-state index is 0.312. The molecule has 0 radical (unpaired) electrons. The summed E-state index contributed by atoms with van der Waals surface area (Å²) in [5, 5.41) is 3.27. The van der Waals surface area contributed by atoms with E-state index >= 15 is 0 Å². The molecule has 0 aliphatic carbocycles. The molecule has 2 unspecified atom stereocenters. The highest BCUT2D eigenvalue weighted by atomic mass is 16.5. The van der Waals surface area contributed by atoms with E-state index in [1.807, 2.05) is 12.4 Å². The molecule has 0 aromatic carbocycles. The summed E-state index contributed by atoms with van der Waals surface area (Å²) in [5.74, 6) is 0.894. The van der Waals surface area contributed by atoms with Crippen LogP contribution >= 0.6 is 0 Å². The summed E-state index contributed by atoms with van der Waals surface area (Å²) in [5.41, 5.74) is 0. The van der Waals surface area contributed by atoms with Crippen LogP contribution in [0.25, 0.3) is 0 Å². The predicted octanol–water partition coefficient (Wildman–Crippen LogP) is 1.68. The monoisotopic (exact) mass is 239 g/mol. The van der Waals surface area contributed by atoms with Crippen LogP contribution in [0.5, 0.6) is 0 Å². The van der Waals surface area contributed by atoms with Gasteiger partial charge in [0.15, 0.2) is 0 Å². The summed E-state index contributed by atoms with van der Waals surface area (Å²) in [7, 11) is 1.70. The Bertz CT molecular complexity index is 334. The van der Waals surface area contributed by atoms with Crippen LogP contribution in [0.3, 0.4) is 0 Å². The number of anilines is 1. The summed E-state index contributed by atoms with van der Waals surface area (Å²) >= 11 is 0. The summed E-state index contributed by atoms with van der Waals surface area (Å²) in [6, 6.07) is 0.324. The number of methoxy groups -OCH3 is 1. The molecule has 0 bridgehead atoms. The first-order valence-electron chi connectivity index (χ1n) is 6.20. The molecule has 2 atom stereocenters. The lowest BCUT2D eigenvalue weighted by atomic mass is 10.1. The predicted molar refractivity (Wildman–Crippen MR) is 66.3 cm³/mol. The van der Waals surface area contributed by atoms with E-state index in [4.69, 9.17) is 9.47 Å². The highest BCUT2D eigenvalue weighted by Crippen LogP contribution is 2.26. The first-order valence-corrected chi connectivity index (χ1v) is 6.20. The van der Waals surface area contributed by atoms with E-state index < -0.39 is 0 Å². The zero-order valence-corrected chi connectivity index (χ0v) is 10.6. The minimum Gasteiger partial charge on any atom is -0.383 e. The number of imidazole rings is 1. The third-order valence-electron chi connectivity index (χ3n) is 3.20. The second-order valence-electron chi connectivity index (χ2n) is 4.37. The molecule has 1 aliphatic heterocycles. The van der Waals surface area contributed by atoms with Crippen molar-refractivity contribution >= 4 is 5.95 Å². The zero-order chi connectivity index (χ0) is 12.1. The third-order valence-corrected chi connectivity index (χ3v) is 3.20. The van der Waals surface area contributed by atoms with Gasteiger partial charge in [-0.05, 0) is 19.8 Å². The lowest BCUT2D eigenvalue weighted by molar-refractivity contribution is 0.0738. The van der Waals surface area contributed by atoms with Gasteiger partial charge in [0.2, 0.25) is 5.95 Å². The van der Waals surface area contributed by atoms with Crippen molar-refractivity contribution in [2.45, 2.75) is 31.9 Å². The van der Waals surface area contributed by atoms with Crippen LogP contribution in [-0.4, -0.2) is 42.5 Å². The maximum absolute atomic E-state index is 5.72. The topological polar surface area (TPSA) is 48.3 Å². The fourth-order valence-electron chi connectivity index (χ4n) is 2.21. The summed E-state index contributed by atoms with van der Waals surface area (Å²) in [4.78, 5) is 4.32. The van der Waals surface area contributed by atoms with E-state index in [0.717, 1.165) is 31.9 Å². The molecule has 1 fully saturated rings. The Labute approximate surface area is 102 Å². The van der Waals surface area contributed by atoms with Gasteiger partial charge < -0.3 is 19.4 Å². The molecule has 96 valence electrons. The lowest BCUT2D eigenvalue weighted by Gasteiger charge is -2.22. The number of rotatable bonds is 6. The van der Waals surface area contributed by atoms with Crippen molar-refractivity contribution in [3.63, 3.8) is 0 Å². The maximum Gasteiger partial charge on any atom is 0.203 e. The van der Waals surface area contributed by atoms with E-state index in [-0.39, 0.29) is 0 Å². The molecular formula is C12H21N3O2. The molecule has 0 amide bonds. The smallest absolute Gasteiger partial charge is 0.203 e. The number of nitrogens with zero attached hydrogens (tertiary/aromatic N) is 2. The van der Waals surface area contributed by atoms with Gasteiger partial charge in [0.1, 0.15) is 0 Å². The molecule has 0 spiro atoms. The summed E-state index contributed by atoms with van der Waals surface area (Å²) in [6.07, 6.45) is 6.43. The van der Waals surface area contributed by atoms with Crippen LogP contribution in [0.2, 0.25) is 0 Å². The quantitative estimate of drug-likeness (QED) is 0.767. The Morgan fingerprint density at radius 2 is 2.59 bits per heavy atom. The highest BCUT2D eigenvalue weighted by Gasteiger charge is 2.24. The largest absolute Gasteiger partial charge is 0.383 e.